The van der Waals surface area contributed by atoms with E-state index >= 15 is 0 Å². The fourth-order valence-electron chi connectivity index (χ4n) is 3.05. The van der Waals surface area contributed by atoms with Gasteiger partial charge in [0, 0.05) is 23.2 Å². The first-order chi connectivity index (χ1) is 13.4. The zero-order valence-corrected chi connectivity index (χ0v) is 15.1. The van der Waals surface area contributed by atoms with Crippen LogP contribution in [0.5, 0.6) is 5.75 Å². The van der Waals surface area contributed by atoms with Crippen molar-refractivity contribution in [3.8, 4) is 22.8 Å². The highest BCUT2D eigenvalue weighted by atomic mass is 35.5. The van der Waals surface area contributed by atoms with Crippen molar-refractivity contribution in [1.82, 2.24) is 14.5 Å². The van der Waals surface area contributed by atoms with E-state index in [1.807, 2.05) is 0 Å². The molecule has 0 saturated carbocycles. The predicted octanol–water partition coefficient (Wildman–Crippen LogP) is 2.75. The number of halogens is 1. The number of nitrogens with zero attached hydrogens (tertiary/aromatic N) is 3. The monoisotopic (exact) mass is 398 g/mol. The minimum atomic E-state index is -0.799. The molecule has 0 radical (unpaired) electrons. The molecular formula is C18H11ClN4O5. The van der Waals surface area contributed by atoms with Gasteiger partial charge in [-0.15, -0.1) is 0 Å². The van der Waals surface area contributed by atoms with Crippen LogP contribution in [0.15, 0.2) is 52.1 Å². The Morgan fingerprint density at radius 3 is 2.64 bits per heavy atom. The molecule has 0 aliphatic carbocycles. The van der Waals surface area contributed by atoms with Crippen molar-refractivity contribution in [3.05, 3.63) is 78.4 Å². The standard InChI is InChI=1S/C18H11ClN4O5/c1-28-15-5-3-10(8-13(15)19)22-14-4-2-11(23(26)27)6-9(14)7-12-16(22)20-18(25)21-17(12)24/h2-8H,1H3,(H,21,24,25). The lowest BCUT2D eigenvalue weighted by atomic mass is 10.1. The van der Waals surface area contributed by atoms with Gasteiger partial charge >= 0.3 is 5.69 Å². The second-order valence-electron chi connectivity index (χ2n) is 5.91. The SMILES string of the molecule is COc1ccc(-n2c3nc(=O)[nH]c(=O)c-3cc3cc([N+](=O)[O-])ccc32)cc1Cl. The van der Waals surface area contributed by atoms with Gasteiger partial charge in [0.05, 0.1) is 28.1 Å². The lowest BCUT2D eigenvalue weighted by Crippen LogP contribution is -2.27. The first kappa shape index (κ1) is 17.7. The third-order valence-corrected chi connectivity index (χ3v) is 4.58. The number of hydrogen-bond acceptors (Lipinski definition) is 6. The van der Waals surface area contributed by atoms with E-state index in [0.717, 1.165) is 0 Å². The van der Waals surface area contributed by atoms with Crippen molar-refractivity contribution < 1.29 is 9.66 Å². The van der Waals surface area contributed by atoms with Gasteiger partial charge in [0.2, 0.25) is 0 Å². The summed E-state index contributed by atoms with van der Waals surface area (Å²) in [7, 11) is 1.48. The molecule has 0 atom stereocenters. The highest BCUT2D eigenvalue weighted by molar-refractivity contribution is 6.32. The van der Waals surface area contributed by atoms with Gasteiger partial charge in [-0.3, -0.25) is 24.5 Å². The number of fused-ring (bicyclic) bond motifs is 2. The molecule has 2 heterocycles. The van der Waals surface area contributed by atoms with Crippen LogP contribution in [0.1, 0.15) is 0 Å². The van der Waals surface area contributed by atoms with Gasteiger partial charge in [0.25, 0.3) is 11.2 Å². The molecular weight excluding hydrogens is 388 g/mol. The summed E-state index contributed by atoms with van der Waals surface area (Å²) in [5, 5.41) is 11.9. The molecule has 10 heteroatoms. The molecule has 2 aromatic rings. The van der Waals surface area contributed by atoms with E-state index in [9.17, 15) is 19.7 Å². The molecule has 2 aliphatic rings. The first-order valence-electron chi connectivity index (χ1n) is 7.97. The van der Waals surface area contributed by atoms with Crippen LogP contribution < -0.4 is 16.0 Å². The number of methoxy groups -OCH3 is 1. The Hall–Kier alpha value is -3.72. The zero-order valence-electron chi connectivity index (χ0n) is 14.3. The molecule has 28 heavy (non-hydrogen) atoms. The van der Waals surface area contributed by atoms with Gasteiger partial charge in [-0.25, -0.2) is 4.79 Å². The molecule has 0 bridgehead atoms. The fraction of sp³-hybridized carbons (Fsp3) is 0.0556. The number of nitrogens with one attached hydrogen (secondary N) is 1. The maximum absolute atomic E-state index is 12.3. The van der Waals surface area contributed by atoms with Crippen LogP contribution in [0, 0.1) is 10.1 Å². The number of H-pyrrole nitrogens is 1. The van der Waals surface area contributed by atoms with Gasteiger partial charge in [-0.2, -0.15) is 4.98 Å². The van der Waals surface area contributed by atoms with Gasteiger partial charge in [-0.1, -0.05) is 11.6 Å². The molecule has 0 saturated heterocycles. The lowest BCUT2D eigenvalue weighted by molar-refractivity contribution is -0.384. The van der Waals surface area contributed by atoms with Crippen LogP contribution in [0.2, 0.25) is 5.02 Å². The topological polar surface area (TPSA) is 120 Å². The number of aromatic nitrogens is 3. The van der Waals surface area contributed by atoms with E-state index in [0.29, 0.717) is 27.4 Å². The van der Waals surface area contributed by atoms with E-state index in [1.54, 1.807) is 22.8 Å². The van der Waals surface area contributed by atoms with Gasteiger partial charge in [0.1, 0.15) is 5.75 Å². The number of benzene rings is 2. The maximum atomic E-state index is 12.3. The Morgan fingerprint density at radius 2 is 1.96 bits per heavy atom. The van der Waals surface area contributed by atoms with Crippen LogP contribution in [-0.2, 0) is 0 Å². The van der Waals surface area contributed by atoms with E-state index in [-0.39, 0.29) is 17.1 Å². The Labute approximate surface area is 161 Å². The smallest absolute Gasteiger partial charge is 0.349 e. The number of hydrogen-bond donors (Lipinski definition) is 1. The second-order valence-corrected chi connectivity index (χ2v) is 6.31. The molecule has 0 aromatic heterocycles. The second kappa shape index (κ2) is 6.46. The summed E-state index contributed by atoms with van der Waals surface area (Å²) in [5.74, 6) is 0.554. The largest absolute Gasteiger partial charge is 0.495 e. The molecule has 2 aromatic carbocycles. The average Bonchev–Trinajstić information content (AvgIpc) is 2.66. The van der Waals surface area contributed by atoms with Crippen molar-refractivity contribution in [2.45, 2.75) is 0 Å². The summed E-state index contributed by atoms with van der Waals surface area (Å²) in [5.41, 5.74) is -0.441. The van der Waals surface area contributed by atoms with Crippen molar-refractivity contribution in [2.24, 2.45) is 0 Å². The number of aromatic amines is 1. The van der Waals surface area contributed by atoms with Gasteiger partial charge in [-0.05, 0) is 30.3 Å². The highest BCUT2D eigenvalue weighted by Crippen LogP contribution is 2.33. The minimum Gasteiger partial charge on any atom is -0.495 e. The van der Waals surface area contributed by atoms with Crippen molar-refractivity contribution in [1.29, 1.82) is 0 Å². The van der Waals surface area contributed by atoms with Crippen LogP contribution >= 0.6 is 11.6 Å². The van der Waals surface area contributed by atoms with Crippen molar-refractivity contribution >= 4 is 28.2 Å². The van der Waals surface area contributed by atoms with E-state index in [2.05, 4.69) is 9.97 Å². The summed E-state index contributed by atoms with van der Waals surface area (Å²) in [4.78, 5) is 40.8. The number of ether oxygens (including phenoxy) is 1. The fourth-order valence-corrected chi connectivity index (χ4v) is 3.30. The van der Waals surface area contributed by atoms with Crippen molar-refractivity contribution in [3.63, 3.8) is 0 Å². The molecule has 1 N–H and O–H groups in total. The zero-order chi connectivity index (χ0) is 20.0. The van der Waals surface area contributed by atoms with E-state index < -0.39 is 16.2 Å². The van der Waals surface area contributed by atoms with Gasteiger partial charge < -0.3 is 4.74 Å². The Bertz CT molecular complexity index is 1340. The van der Waals surface area contributed by atoms with E-state index in [4.69, 9.17) is 16.3 Å². The average molecular weight is 399 g/mol. The quantitative estimate of drug-likeness (QED) is 0.322. The number of nitro groups is 1. The summed E-state index contributed by atoms with van der Waals surface area (Å²) in [6, 6.07) is 10.6. The number of pyridine rings is 1. The molecule has 0 unspecified atom stereocenters. The molecule has 0 spiro atoms. The first-order valence-corrected chi connectivity index (χ1v) is 8.35. The normalized spacial score (nSPS) is 11.1. The number of nitro benzene ring substituents is 1. The maximum Gasteiger partial charge on any atom is 0.349 e. The van der Waals surface area contributed by atoms with Crippen LogP contribution in [0.4, 0.5) is 5.69 Å². The van der Waals surface area contributed by atoms with Crippen LogP contribution in [0.3, 0.4) is 0 Å². The summed E-state index contributed by atoms with van der Waals surface area (Å²) in [6.07, 6.45) is 0. The Kier molecular flexibility index (Phi) is 4.08. The third kappa shape index (κ3) is 2.78. The predicted molar refractivity (Wildman–Crippen MR) is 103 cm³/mol. The molecule has 140 valence electrons. The van der Waals surface area contributed by atoms with Crippen LogP contribution in [-0.4, -0.2) is 26.6 Å². The van der Waals surface area contributed by atoms with Crippen LogP contribution in [0.25, 0.3) is 28.0 Å². The summed E-state index contributed by atoms with van der Waals surface area (Å²) < 4.78 is 6.71. The van der Waals surface area contributed by atoms with E-state index in [1.165, 1.54) is 31.4 Å². The summed E-state index contributed by atoms with van der Waals surface area (Å²) in [6.45, 7) is 0. The lowest BCUT2D eigenvalue weighted by Gasteiger charge is -2.18. The summed E-state index contributed by atoms with van der Waals surface area (Å²) >= 11 is 6.23. The highest BCUT2D eigenvalue weighted by Gasteiger charge is 2.20. The minimum absolute atomic E-state index is 0.108. The molecule has 4 rings (SSSR count). The number of non-ortho nitro benzene ring substituents is 1. The molecule has 0 fully saturated rings. The Balaban J connectivity index is 2.17. The van der Waals surface area contributed by atoms with Crippen molar-refractivity contribution in [2.75, 3.05) is 7.11 Å². The molecule has 2 aliphatic heterocycles. The Morgan fingerprint density at radius 1 is 1.18 bits per heavy atom. The molecule has 9 nitrogen and oxygen atoms in total. The van der Waals surface area contributed by atoms with Gasteiger partial charge in [0.15, 0.2) is 5.82 Å². The molecule has 0 amide bonds. The third-order valence-electron chi connectivity index (χ3n) is 4.28. The number of rotatable bonds is 3.